The second-order valence-electron chi connectivity index (χ2n) is 5.93. The Morgan fingerprint density at radius 2 is 1.92 bits per heavy atom. The second kappa shape index (κ2) is 7.79. The lowest BCUT2D eigenvalue weighted by Gasteiger charge is -2.34. The second-order valence-corrected chi connectivity index (χ2v) is 6.34. The van der Waals surface area contributed by atoms with Gasteiger partial charge in [-0.3, -0.25) is 9.69 Å². The maximum atomic E-state index is 13.0. The average Bonchev–Trinajstić information content (AvgIpc) is 2.58. The Labute approximate surface area is 147 Å². The van der Waals surface area contributed by atoms with Crippen LogP contribution in [-0.4, -0.2) is 37.1 Å². The first kappa shape index (κ1) is 17.0. The highest BCUT2D eigenvalue weighted by Gasteiger charge is 2.30. The van der Waals surface area contributed by atoms with E-state index in [1.165, 1.54) is 0 Å². The zero-order chi connectivity index (χ0) is 16.9. The van der Waals surface area contributed by atoms with Gasteiger partial charge >= 0.3 is 0 Å². The number of benzene rings is 2. The summed E-state index contributed by atoms with van der Waals surface area (Å²) < 4.78 is 5.42. The number of carbonyl (C=O) groups excluding carboxylic acids is 1. The van der Waals surface area contributed by atoms with E-state index < -0.39 is 6.04 Å². The van der Waals surface area contributed by atoms with Gasteiger partial charge in [-0.15, -0.1) is 0 Å². The van der Waals surface area contributed by atoms with Crippen molar-refractivity contribution < 1.29 is 9.53 Å². The molecule has 1 heterocycles. The van der Waals surface area contributed by atoms with E-state index in [9.17, 15) is 4.79 Å². The number of nitrogens with one attached hydrogen (secondary N) is 1. The molecule has 0 spiro atoms. The number of amides is 1. The Morgan fingerprint density at radius 3 is 2.62 bits per heavy atom. The minimum Gasteiger partial charge on any atom is -0.379 e. The number of ether oxygens (including phenoxy) is 1. The highest BCUT2D eigenvalue weighted by molar-refractivity contribution is 6.31. The summed E-state index contributed by atoms with van der Waals surface area (Å²) in [5, 5.41) is 3.63. The fourth-order valence-electron chi connectivity index (χ4n) is 2.97. The quantitative estimate of drug-likeness (QED) is 0.920. The Hall–Kier alpha value is -1.88. The zero-order valence-electron chi connectivity index (χ0n) is 13.7. The summed E-state index contributed by atoms with van der Waals surface area (Å²) >= 11 is 6.37. The van der Waals surface area contributed by atoms with Crippen LogP contribution >= 0.6 is 11.6 Å². The summed E-state index contributed by atoms with van der Waals surface area (Å²) in [4.78, 5) is 15.1. The van der Waals surface area contributed by atoms with Gasteiger partial charge in [0.25, 0.3) is 0 Å². The lowest BCUT2D eigenvalue weighted by atomic mass is 10.0. The SMILES string of the molecule is Cc1cccc(NC(=O)[C@H](c2ccccc2Cl)N2CCOCC2)c1. The Balaban J connectivity index is 1.88. The van der Waals surface area contributed by atoms with E-state index in [4.69, 9.17) is 16.3 Å². The van der Waals surface area contributed by atoms with Gasteiger partial charge in [-0.25, -0.2) is 0 Å². The van der Waals surface area contributed by atoms with Gasteiger partial charge in [-0.1, -0.05) is 41.9 Å². The number of hydrogen-bond donors (Lipinski definition) is 1. The summed E-state index contributed by atoms with van der Waals surface area (Å²) in [7, 11) is 0. The first-order valence-electron chi connectivity index (χ1n) is 8.09. The molecule has 1 saturated heterocycles. The van der Waals surface area contributed by atoms with E-state index in [0.717, 1.165) is 16.8 Å². The van der Waals surface area contributed by atoms with Crippen LogP contribution in [0.1, 0.15) is 17.2 Å². The van der Waals surface area contributed by atoms with E-state index in [2.05, 4.69) is 10.2 Å². The van der Waals surface area contributed by atoms with Crippen molar-refractivity contribution in [1.29, 1.82) is 0 Å². The van der Waals surface area contributed by atoms with Gasteiger partial charge in [-0.2, -0.15) is 0 Å². The van der Waals surface area contributed by atoms with E-state index in [-0.39, 0.29) is 5.91 Å². The van der Waals surface area contributed by atoms with Crippen molar-refractivity contribution in [3.8, 4) is 0 Å². The van der Waals surface area contributed by atoms with Crippen molar-refractivity contribution in [2.45, 2.75) is 13.0 Å². The van der Waals surface area contributed by atoms with Gasteiger partial charge < -0.3 is 10.1 Å². The predicted octanol–water partition coefficient (Wildman–Crippen LogP) is 3.66. The summed E-state index contributed by atoms with van der Waals surface area (Å²) in [5.41, 5.74) is 2.73. The third kappa shape index (κ3) is 3.96. The number of nitrogens with zero attached hydrogens (tertiary/aromatic N) is 1. The number of aryl methyl sites for hydroxylation is 1. The number of anilines is 1. The third-order valence-electron chi connectivity index (χ3n) is 4.14. The Bertz CT molecular complexity index is 714. The first-order valence-corrected chi connectivity index (χ1v) is 8.47. The van der Waals surface area contributed by atoms with Crippen LogP contribution in [0.25, 0.3) is 0 Å². The molecule has 1 atom stereocenters. The van der Waals surface area contributed by atoms with Crippen LogP contribution in [0.2, 0.25) is 5.02 Å². The number of hydrogen-bond acceptors (Lipinski definition) is 3. The average molecular weight is 345 g/mol. The van der Waals surface area contributed by atoms with Gasteiger partial charge in [0.15, 0.2) is 0 Å². The predicted molar refractivity (Wildman–Crippen MR) is 96.4 cm³/mol. The minimum atomic E-state index is -0.428. The summed E-state index contributed by atoms with van der Waals surface area (Å²) in [6.07, 6.45) is 0. The van der Waals surface area contributed by atoms with Crippen molar-refractivity contribution in [2.75, 3.05) is 31.6 Å². The summed E-state index contributed by atoms with van der Waals surface area (Å²) in [5.74, 6) is -0.0735. The van der Waals surface area contributed by atoms with Gasteiger partial charge in [-0.05, 0) is 36.2 Å². The number of halogens is 1. The third-order valence-corrected chi connectivity index (χ3v) is 4.49. The molecule has 3 rings (SSSR count). The molecule has 1 N–H and O–H groups in total. The molecule has 0 unspecified atom stereocenters. The van der Waals surface area contributed by atoms with E-state index in [1.807, 2.05) is 55.5 Å². The molecule has 1 fully saturated rings. The van der Waals surface area contributed by atoms with Crippen molar-refractivity contribution >= 4 is 23.2 Å². The molecule has 2 aromatic rings. The lowest BCUT2D eigenvalue weighted by Crippen LogP contribution is -2.44. The highest BCUT2D eigenvalue weighted by Crippen LogP contribution is 2.29. The summed E-state index contributed by atoms with van der Waals surface area (Å²) in [6.45, 7) is 4.66. The molecule has 126 valence electrons. The fraction of sp³-hybridized carbons (Fsp3) is 0.316. The van der Waals surface area contributed by atoms with Crippen LogP contribution in [0.5, 0.6) is 0 Å². The molecule has 0 bridgehead atoms. The molecule has 0 aliphatic carbocycles. The standard InChI is InChI=1S/C19H21ClN2O2/c1-14-5-4-6-15(13-14)21-19(23)18(22-9-11-24-12-10-22)16-7-2-3-8-17(16)20/h2-8,13,18H,9-12H2,1H3,(H,21,23)/t18-/m0/s1. The molecular formula is C19H21ClN2O2. The monoisotopic (exact) mass is 344 g/mol. The van der Waals surface area contributed by atoms with E-state index >= 15 is 0 Å². The molecule has 0 saturated carbocycles. The largest absolute Gasteiger partial charge is 0.379 e. The first-order chi connectivity index (χ1) is 11.6. The molecule has 1 aliphatic heterocycles. The van der Waals surface area contributed by atoms with Crippen molar-refractivity contribution in [1.82, 2.24) is 4.90 Å². The maximum absolute atomic E-state index is 13.0. The molecule has 24 heavy (non-hydrogen) atoms. The molecule has 5 heteroatoms. The van der Waals surface area contributed by atoms with Gasteiger partial charge in [0.1, 0.15) is 6.04 Å². The van der Waals surface area contributed by atoms with Gasteiger partial charge in [0, 0.05) is 23.8 Å². The Kier molecular flexibility index (Phi) is 5.51. The van der Waals surface area contributed by atoms with E-state index in [1.54, 1.807) is 0 Å². The lowest BCUT2D eigenvalue weighted by molar-refractivity contribution is -0.123. The molecule has 0 aromatic heterocycles. The minimum absolute atomic E-state index is 0.0735. The number of morpholine rings is 1. The number of carbonyl (C=O) groups is 1. The molecule has 0 radical (unpaired) electrons. The van der Waals surface area contributed by atoms with Crippen LogP contribution in [0.15, 0.2) is 48.5 Å². The van der Waals surface area contributed by atoms with Crippen LogP contribution in [0, 0.1) is 6.92 Å². The normalized spacial score (nSPS) is 16.6. The molecule has 1 amide bonds. The molecule has 1 aliphatic rings. The topological polar surface area (TPSA) is 41.6 Å². The molecule has 2 aromatic carbocycles. The van der Waals surface area contributed by atoms with Crippen LogP contribution in [-0.2, 0) is 9.53 Å². The van der Waals surface area contributed by atoms with Crippen molar-refractivity contribution in [2.24, 2.45) is 0 Å². The Morgan fingerprint density at radius 1 is 1.17 bits per heavy atom. The summed E-state index contributed by atoms with van der Waals surface area (Å²) in [6, 6.07) is 14.9. The van der Waals surface area contributed by atoms with Crippen LogP contribution < -0.4 is 5.32 Å². The molecule has 4 nitrogen and oxygen atoms in total. The fourth-order valence-corrected chi connectivity index (χ4v) is 3.21. The maximum Gasteiger partial charge on any atom is 0.246 e. The van der Waals surface area contributed by atoms with Crippen LogP contribution in [0.3, 0.4) is 0 Å². The zero-order valence-corrected chi connectivity index (χ0v) is 14.4. The van der Waals surface area contributed by atoms with Gasteiger partial charge in [0.05, 0.1) is 13.2 Å². The number of rotatable bonds is 4. The van der Waals surface area contributed by atoms with Gasteiger partial charge in [0.2, 0.25) is 5.91 Å². The van der Waals surface area contributed by atoms with Crippen molar-refractivity contribution in [3.63, 3.8) is 0 Å². The molecular weight excluding hydrogens is 324 g/mol. The highest BCUT2D eigenvalue weighted by atomic mass is 35.5. The van der Waals surface area contributed by atoms with E-state index in [0.29, 0.717) is 31.3 Å². The van der Waals surface area contributed by atoms with Crippen LogP contribution in [0.4, 0.5) is 5.69 Å². The van der Waals surface area contributed by atoms with Crippen molar-refractivity contribution in [3.05, 3.63) is 64.7 Å². The smallest absolute Gasteiger partial charge is 0.246 e.